The molecule has 1 heterocycles. The van der Waals surface area contributed by atoms with Crippen molar-refractivity contribution in [2.24, 2.45) is 5.10 Å². The Labute approximate surface area is 92.1 Å². The largest absolute Gasteiger partial charge is 0.303 e. The fourth-order valence-electron chi connectivity index (χ4n) is 1.14. The quantitative estimate of drug-likeness (QED) is 0.746. The van der Waals surface area contributed by atoms with Crippen molar-refractivity contribution in [2.75, 3.05) is 5.43 Å². The van der Waals surface area contributed by atoms with Crippen molar-refractivity contribution in [1.82, 2.24) is 5.32 Å². The van der Waals surface area contributed by atoms with E-state index in [9.17, 15) is 4.79 Å². The van der Waals surface area contributed by atoms with Crippen molar-refractivity contribution in [3.05, 3.63) is 30.3 Å². The maximum atomic E-state index is 11.2. The van der Waals surface area contributed by atoms with E-state index in [0.717, 1.165) is 5.69 Å². The molecule has 1 aliphatic heterocycles. The molecule has 0 saturated carbocycles. The topological polar surface area (TPSA) is 53.5 Å². The van der Waals surface area contributed by atoms with E-state index in [1.54, 1.807) is 0 Å². The van der Waals surface area contributed by atoms with Gasteiger partial charge >= 0.3 is 0 Å². The van der Waals surface area contributed by atoms with Crippen LogP contribution in [0.4, 0.5) is 5.69 Å². The summed E-state index contributed by atoms with van der Waals surface area (Å²) in [6.07, 6.45) is 0. The zero-order valence-corrected chi connectivity index (χ0v) is 9.04. The Bertz CT molecular complexity index is 391. The average Bonchev–Trinajstić information content (AvgIpc) is 2.57. The summed E-state index contributed by atoms with van der Waals surface area (Å²) in [5, 5.41) is 7.34. The SMILES string of the molecule is CC1S/C(=N\Nc2ccccc2)NC1=O. The zero-order chi connectivity index (χ0) is 10.7. The van der Waals surface area contributed by atoms with Crippen LogP contribution in [0.25, 0.3) is 0 Å². The third kappa shape index (κ3) is 2.50. The van der Waals surface area contributed by atoms with E-state index >= 15 is 0 Å². The summed E-state index contributed by atoms with van der Waals surface area (Å²) in [7, 11) is 0. The van der Waals surface area contributed by atoms with Crippen LogP contribution in [0.1, 0.15) is 6.92 Å². The van der Waals surface area contributed by atoms with Crippen molar-refractivity contribution in [3.63, 3.8) is 0 Å². The number of nitrogens with zero attached hydrogens (tertiary/aromatic N) is 1. The van der Waals surface area contributed by atoms with Crippen molar-refractivity contribution in [1.29, 1.82) is 0 Å². The Morgan fingerprint density at radius 1 is 1.40 bits per heavy atom. The number of carbonyl (C=O) groups excluding carboxylic acids is 1. The molecule has 1 fully saturated rings. The number of benzene rings is 1. The van der Waals surface area contributed by atoms with E-state index in [1.807, 2.05) is 37.3 Å². The summed E-state index contributed by atoms with van der Waals surface area (Å²) < 4.78 is 0. The summed E-state index contributed by atoms with van der Waals surface area (Å²) in [5.74, 6) is 0.00797. The summed E-state index contributed by atoms with van der Waals surface area (Å²) in [5.41, 5.74) is 3.78. The van der Waals surface area contributed by atoms with Gasteiger partial charge in [0.25, 0.3) is 0 Å². The highest BCUT2D eigenvalue weighted by Crippen LogP contribution is 2.18. The molecule has 1 amide bonds. The van der Waals surface area contributed by atoms with Gasteiger partial charge in [-0.05, 0) is 19.1 Å². The van der Waals surface area contributed by atoms with Crippen LogP contribution in [-0.2, 0) is 4.79 Å². The summed E-state index contributed by atoms with van der Waals surface area (Å²) in [6, 6.07) is 9.60. The van der Waals surface area contributed by atoms with Gasteiger partial charge in [0, 0.05) is 0 Å². The second-order valence-electron chi connectivity index (χ2n) is 3.14. The lowest BCUT2D eigenvalue weighted by atomic mass is 10.3. The fourth-order valence-corrected chi connectivity index (χ4v) is 1.90. The monoisotopic (exact) mass is 221 g/mol. The van der Waals surface area contributed by atoms with E-state index in [2.05, 4.69) is 15.8 Å². The lowest BCUT2D eigenvalue weighted by Crippen LogP contribution is -2.23. The molecule has 0 bridgehead atoms. The Balaban J connectivity index is 1.99. The maximum absolute atomic E-state index is 11.2. The average molecular weight is 221 g/mol. The highest BCUT2D eigenvalue weighted by atomic mass is 32.2. The van der Waals surface area contributed by atoms with Crippen LogP contribution in [0.3, 0.4) is 0 Å². The fraction of sp³-hybridized carbons (Fsp3) is 0.200. The molecule has 5 heteroatoms. The summed E-state index contributed by atoms with van der Waals surface area (Å²) in [6.45, 7) is 1.85. The van der Waals surface area contributed by atoms with Crippen molar-refractivity contribution in [2.45, 2.75) is 12.2 Å². The van der Waals surface area contributed by atoms with Crippen LogP contribution < -0.4 is 10.7 Å². The lowest BCUT2D eigenvalue weighted by Gasteiger charge is -1.99. The zero-order valence-electron chi connectivity index (χ0n) is 8.23. The second kappa shape index (κ2) is 4.35. The highest BCUT2D eigenvalue weighted by molar-refractivity contribution is 8.15. The van der Waals surface area contributed by atoms with Gasteiger partial charge in [-0.3, -0.25) is 10.2 Å². The van der Waals surface area contributed by atoms with Crippen LogP contribution >= 0.6 is 11.8 Å². The number of carbonyl (C=O) groups is 1. The molecule has 15 heavy (non-hydrogen) atoms. The second-order valence-corrected chi connectivity index (χ2v) is 4.47. The number of rotatable bonds is 2. The maximum Gasteiger partial charge on any atom is 0.239 e. The van der Waals surface area contributed by atoms with Crippen molar-refractivity contribution >= 4 is 28.5 Å². The highest BCUT2D eigenvalue weighted by Gasteiger charge is 2.25. The predicted molar refractivity (Wildman–Crippen MR) is 62.7 cm³/mol. The first-order chi connectivity index (χ1) is 7.25. The van der Waals surface area contributed by atoms with Gasteiger partial charge in [0.2, 0.25) is 5.91 Å². The van der Waals surface area contributed by atoms with Gasteiger partial charge in [-0.2, -0.15) is 0 Å². The van der Waals surface area contributed by atoms with Gasteiger partial charge in [-0.25, -0.2) is 0 Å². The Morgan fingerprint density at radius 2 is 2.13 bits per heavy atom. The first-order valence-corrected chi connectivity index (χ1v) is 5.50. The number of para-hydroxylation sites is 1. The van der Waals surface area contributed by atoms with Crippen LogP contribution in [0.2, 0.25) is 0 Å². The molecule has 78 valence electrons. The lowest BCUT2D eigenvalue weighted by molar-refractivity contribution is -0.118. The number of hydrogen-bond acceptors (Lipinski definition) is 4. The third-order valence-corrected chi connectivity index (χ3v) is 2.93. The Morgan fingerprint density at radius 3 is 2.73 bits per heavy atom. The van der Waals surface area contributed by atoms with Crippen LogP contribution in [0, 0.1) is 0 Å². The van der Waals surface area contributed by atoms with Gasteiger partial charge in [0.05, 0.1) is 10.9 Å². The summed E-state index contributed by atoms with van der Waals surface area (Å²) >= 11 is 1.42. The molecule has 1 saturated heterocycles. The number of amides is 1. The number of amidine groups is 1. The molecular weight excluding hydrogens is 210 g/mol. The van der Waals surface area contributed by atoms with Gasteiger partial charge in [-0.1, -0.05) is 30.0 Å². The predicted octanol–water partition coefficient (Wildman–Crippen LogP) is 1.62. The van der Waals surface area contributed by atoms with E-state index in [4.69, 9.17) is 0 Å². The molecule has 2 rings (SSSR count). The van der Waals surface area contributed by atoms with Crippen LogP contribution in [-0.4, -0.2) is 16.3 Å². The van der Waals surface area contributed by atoms with Gasteiger partial charge in [-0.15, -0.1) is 5.10 Å². The molecule has 0 aliphatic carbocycles. The normalized spacial score (nSPS) is 22.9. The van der Waals surface area contributed by atoms with E-state index in [-0.39, 0.29) is 11.2 Å². The first-order valence-electron chi connectivity index (χ1n) is 4.62. The molecule has 1 aromatic carbocycles. The Hall–Kier alpha value is -1.49. The van der Waals surface area contributed by atoms with Crippen molar-refractivity contribution in [3.8, 4) is 0 Å². The van der Waals surface area contributed by atoms with E-state index in [1.165, 1.54) is 11.8 Å². The number of thioether (sulfide) groups is 1. The van der Waals surface area contributed by atoms with Crippen molar-refractivity contribution < 1.29 is 4.79 Å². The summed E-state index contributed by atoms with van der Waals surface area (Å²) in [4.78, 5) is 11.2. The van der Waals surface area contributed by atoms with Gasteiger partial charge < -0.3 is 5.32 Å². The van der Waals surface area contributed by atoms with Crippen LogP contribution in [0.15, 0.2) is 35.4 Å². The van der Waals surface area contributed by atoms with E-state index < -0.39 is 0 Å². The van der Waals surface area contributed by atoms with Gasteiger partial charge in [0.1, 0.15) is 0 Å². The molecule has 0 radical (unpaired) electrons. The third-order valence-electron chi connectivity index (χ3n) is 1.95. The van der Waals surface area contributed by atoms with Gasteiger partial charge in [0.15, 0.2) is 5.17 Å². The van der Waals surface area contributed by atoms with Crippen LogP contribution in [0.5, 0.6) is 0 Å². The Kier molecular flexibility index (Phi) is 2.91. The minimum absolute atomic E-state index is 0.00797. The first kappa shape index (κ1) is 10.0. The number of anilines is 1. The number of hydrazone groups is 1. The minimum atomic E-state index is -0.0543. The smallest absolute Gasteiger partial charge is 0.239 e. The number of nitrogens with one attached hydrogen (secondary N) is 2. The molecule has 4 nitrogen and oxygen atoms in total. The standard InChI is InChI=1S/C10H11N3OS/c1-7-9(14)11-10(15-7)13-12-8-5-3-2-4-6-8/h2-7,12H,1H3,(H,11,13,14). The molecule has 2 N–H and O–H groups in total. The molecule has 0 aromatic heterocycles. The molecule has 1 aromatic rings. The minimum Gasteiger partial charge on any atom is -0.303 e. The number of hydrogen-bond donors (Lipinski definition) is 2. The molecule has 1 unspecified atom stereocenters. The molecular formula is C10H11N3OS. The molecule has 0 spiro atoms. The van der Waals surface area contributed by atoms with E-state index in [0.29, 0.717) is 5.17 Å². The molecule has 1 atom stereocenters. The molecule has 1 aliphatic rings.